The van der Waals surface area contributed by atoms with Crippen LogP contribution in [0.4, 0.5) is 0 Å². The molecule has 20 heavy (non-hydrogen) atoms. The van der Waals surface area contributed by atoms with E-state index in [1.54, 1.807) is 36.7 Å². The standard InChI is InChI=1S/C14H12N4O2/c15-14(19)11-2-3-13-12(8-11)9-18-10-17-5-1-4-16-6-7-20-13/h1-10H,(H2,15,19). The molecule has 0 saturated carbocycles. The van der Waals surface area contributed by atoms with Crippen LogP contribution in [0.3, 0.4) is 0 Å². The van der Waals surface area contributed by atoms with E-state index in [9.17, 15) is 4.79 Å². The normalized spacial score (nSPS) is 9.40. The van der Waals surface area contributed by atoms with Crippen molar-refractivity contribution in [2.24, 2.45) is 5.73 Å². The average Bonchev–Trinajstić information content (AvgIpc) is 2.46. The van der Waals surface area contributed by atoms with Gasteiger partial charge in [0.1, 0.15) is 18.2 Å². The molecule has 0 unspecified atom stereocenters. The zero-order valence-electron chi connectivity index (χ0n) is 10.5. The molecule has 6 nitrogen and oxygen atoms in total. The Hall–Kier alpha value is -3.02. The Morgan fingerprint density at radius 1 is 1.10 bits per heavy atom. The summed E-state index contributed by atoms with van der Waals surface area (Å²) in [6.07, 6.45) is 8.95. The zero-order chi connectivity index (χ0) is 14.2. The zero-order valence-corrected chi connectivity index (χ0v) is 10.5. The number of nitrogens with zero attached hydrogens (tertiary/aromatic N) is 3. The number of nitrogens with two attached hydrogens (primary N) is 1. The van der Waals surface area contributed by atoms with Crippen LogP contribution in [0, 0.1) is 0 Å². The molecular weight excluding hydrogens is 256 g/mol. The predicted octanol–water partition coefficient (Wildman–Crippen LogP) is 1.97. The Balaban J connectivity index is 2.70. The highest BCUT2D eigenvalue weighted by molar-refractivity contribution is 5.96. The van der Waals surface area contributed by atoms with Gasteiger partial charge in [0.25, 0.3) is 0 Å². The number of hydrogen-bond acceptors (Lipinski definition) is 5. The Morgan fingerprint density at radius 3 is 2.80 bits per heavy atom. The van der Waals surface area contributed by atoms with Gasteiger partial charge in [0.2, 0.25) is 5.91 Å². The summed E-state index contributed by atoms with van der Waals surface area (Å²) in [7, 11) is 0. The fourth-order valence-electron chi connectivity index (χ4n) is 1.43. The number of fused-ring (bicyclic) bond motifs is 1. The van der Waals surface area contributed by atoms with Crippen LogP contribution in [0.5, 0.6) is 0 Å². The molecule has 1 heterocycles. The summed E-state index contributed by atoms with van der Waals surface area (Å²) in [5.74, 6) is -0.513. The van der Waals surface area contributed by atoms with Gasteiger partial charge in [-0.25, -0.2) is 9.97 Å². The van der Waals surface area contributed by atoms with Crippen LogP contribution in [0.15, 0.2) is 66.1 Å². The molecule has 1 amide bonds. The lowest BCUT2D eigenvalue weighted by atomic mass is 10.1. The summed E-state index contributed by atoms with van der Waals surface area (Å²) < 4.78 is 5.43. The highest BCUT2D eigenvalue weighted by Gasteiger charge is 2.00. The number of carbonyl (C=O) groups excluding carboxylic acids is 1. The maximum absolute atomic E-state index is 11.2. The maximum Gasteiger partial charge on any atom is 0.248 e. The fourth-order valence-corrected chi connectivity index (χ4v) is 1.43. The molecule has 2 rings (SSSR count). The highest BCUT2D eigenvalue weighted by atomic mass is 16.3. The van der Waals surface area contributed by atoms with Crippen molar-refractivity contribution in [1.82, 2.24) is 15.0 Å². The summed E-state index contributed by atoms with van der Waals surface area (Å²) >= 11 is 0. The first-order valence-corrected chi connectivity index (χ1v) is 5.76. The number of carbonyl (C=O) groups is 1. The molecule has 0 aliphatic rings. The largest absolute Gasteiger partial charge is 0.463 e. The first kappa shape index (κ1) is 13.4. The van der Waals surface area contributed by atoms with Gasteiger partial charge in [0.05, 0.1) is 6.20 Å². The lowest BCUT2D eigenvalue weighted by Gasteiger charge is -1.96. The lowest BCUT2D eigenvalue weighted by Crippen LogP contribution is -2.10. The summed E-state index contributed by atoms with van der Waals surface area (Å²) in [6.45, 7) is 0. The van der Waals surface area contributed by atoms with Gasteiger partial charge in [-0.05, 0) is 24.3 Å². The molecule has 1 aromatic carbocycles. The molecular formula is C14H12N4O2. The second kappa shape index (κ2) is 6.79. The van der Waals surface area contributed by atoms with E-state index < -0.39 is 5.91 Å². The quantitative estimate of drug-likeness (QED) is 0.853. The van der Waals surface area contributed by atoms with Crippen LogP contribution in [0.2, 0.25) is 0 Å². The van der Waals surface area contributed by atoms with Crippen molar-refractivity contribution in [1.29, 1.82) is 0 Å². The minimum atomic E-state index is -0.513. The third kappa shape index (κ3) is 3.74. The third-order valence-electron chi connectivity index (χ3n) is 2.33. The monoisotopic (exact) mass is 268 g/mol. The Kier molecular flexibility index (Phi) is 4.55. The second-order valence-corrected chi connectivity index (χ2v) is 3.70. The van der Waals surface area contributed by atoms with Crippen molar-refractivity contribution in [2.75, 3.05) is 0 Å². The van der Waals surface area contributed by atoms with Crippen molar-refractivity contribution < 1.29 is 9.21 Å². The molecule has 100 valence electrons. The number of rotatable bonds is 1. The van der Waals surface area contributed by atoms with Crippen molar-refractivity contribution in [3.63, 3.8) is 0 Å². The number of benzene rings is 1. The molecule has 0 aliphatic carbocycles. The van der Waals surface area contributed by atoms with E-state index in [1.165, 1.54) is 25.0 Å². The third-order valence-corrected chi connectivity index (χ3v) is 2.33. The minimum absolute atomic E-state index is 0.377. The molecule has 0 saturated heterocycles. The summed E-state index contributed by atoms with van der Waals surface area (Å²) in [6, 6.07) is 6.48. The van der Waals surface area contributed by atoms with Crippen molar-refractivity contribution in [3.8, 4) is 0 Å². The van der Waals surface area contributed by atoms with Crippen molar-refractivity contribution >= 4 is 16.9 Å². The molecule has 1 aromatic heterocycles. The molecule has 0 bridgehead atoms. The Morgan fingerprint density at radius 2 is 1.95 bits per heavy atom. The number of hydrogen-bond donors (Lipinski definition) is 1. The van der Waals surface area contributed by atoms with E-state index in [-0.39, 0.29) is 0 Å². The number of primary amides is 1. The van der Waals surface area contributed by atoms with E-state index in [0.29, 0.717) is 16.5 Å². The van der Waals surface area contributed by atoms with Crippen LogP contribution in [0.25, 0.3) is 11.0 Å². The number of amides is 1. The smallest absolute Gasteiger partial charge is 0.248 e. The van der Waals surface area contributed by atoms with Gasteiger partial charge in [0, 0.05) is 29.5 Å². The predicted molar refractivity (Wildman–Crippen MR) is 73.4 cm³/mol. The molecule has 2 aromatic rings. The molecule has 0 spiro atoms. The van der Waals surface area contributed by atoms with Gasteiger partial charge in [-0.2, -0.15) is 0 Å². The molecule has 0 radical (unpaired) electrons. The maximum atomic E-state index is 11.2. The Labute approximate surface area is 115 Å². The summed E-state index contributed by atoms with van der Waals surface area (Å²) in [4.78, 5) is 23.0. The van der Waals surface area contributed by atoms with E-state index >= 15 is 0 Å². The first-order chi connectivity index (χ1) is 9.77. The molecule has 0 atom stereocenters. The molecule has 6 heteroatoms. The van der Waals surface area contributed by atoms with Gasteiger partial charge in [-0.15, -0.1) is 0 Å². The van der Waals surface area contributed by atoms with Crippen molar-refractivity contribution in [2.45, 2.75) is 0 Å². The average molecular weight is 268 g/mol. The van der Waals surface area contributed by atoms with Crippen LogP contribution in [-0.2, 0) is 0 Å². The van der Waals surface area contributed by atoms with Gasteiger partial charge in [-0.3, -0.25) is 9.78 Å². The summed E-state index contributed by atoms with van der Waals surface area (Å²) in [5, 5.41) is 0.615. The van der Waals surface area contributed by atoms with E-state index in [2.05, 4.69) is 15.0 Å². The van der Waals surface area contributed by atoms with Crippen molar-refractivity contribution in [3.05, 3.63) is 67.2 Å². The molecule has 0 fully saturated rings. The van der Waals surface area contributed by atoms with Gasteiger partial charge in [-0.1, -0.05) is 0 Å². The van der Waals surface area contributed by atoms with E-state index in [1.807, 2.05) is 0 Å². The van der Waals surface area contributed by atoms with Crippen LogP contribution in [-0.4, -0.2) is 20.9 Å². The minimum Gasteiger partial charge on any atom is -0.463 e. The number of aromatic nitrogens is 3. The van der Waals surface area contributed by atoms with Crippen LogP contribution < -0.4 is 5.73 Å². The Bertz CT molecular complexity index is 725. The second-order valence-electron chi connectivity index (χ2n) is 3.70. The SMILES string of the molecule is NC(=O)c1ccc2occncccncncc2c1. The molecule has 0 aliphatic heterocycles. The van der Waals surface area contributed by atoms with Gasteiger partial charge < -0.3 is 10.2 Å². The van der Waals surface area contributed by atoms with Crippen LogP contribution >= 0.6 is 0 Å². The van der Waals surface area contributed by atoms with E-state index in [0.717, 1.165) is 0 Å². The topological polar surface area (TPSA) is 94.9 Å². The van der Waals surface area contributed by atoms with Gasteiger partial charge >= 0.3 is 0 Å². The lowest BCUT2D eigenvalue weighted by molar-refractivity contribution is 0.100. The van der Waals surface area contributed by atoms with Crippen LogP contribution in [0.1, 0.15) is 10.4 Å². The summed E-state index contributed by atoms with van der Waals surface area (Å²) in [5.41, 5.74) is 6.16. The van der Waals surface area contributed by atoms with E-state index in [4.69, 9.17) is 10.2 Å². The highest BCUT2D eigenvalue weighted by Crippen LogP contribution is 2.12. The fraction of sp³-hybridized carbons (Fsp3) is 0. The first-order valence-electron chi connectivity index (χ1n) is 5.76. The van der Waals surface area contributed by atoms with Gasteiger partial charge in [0.15, 0.2) is 0 Å². The molecule has 2 N–H and O–H groups in total.